The molecule has 0 spiro atoms. The minimum absolute atomic E-state index is 0.293. The zero-order valence-electron chi connectivity index (χ0n) is 6.96. The van der Waals surface area contributed by atoms with Crippen molar-refractivity contribution in [2.45, 2.75) is 13.5 Å². The van der Waals surface area contributed by atoms with E-state index >= 15 is 0 Å². The summed E-state index contributed by atoms with van der Waals surface area (Å²) in [5.74, 6) is 0. The Kier molecular flexibility index (Phi) is 2.49. The van der Waals surface area contributed by atoms with Crippen molar-refractivity contribution in [2.24, 2.45) is 0 Å². The lowest BCUT2D eigenvalue weighted by Gasteiger charge is -1.99. The molecular formula is C6H11N3O2S. The summed E-state index contributed by atoms with van der Waals surface area (Å²) in [5.41, 5.74) is 1.74. The molecule has 1 aromatic heterocycles. The highest BCUT2D eigenvalue weighted by Crippen LogP contribution is 2.01. The van der Waals surface area contributed by atoms with Crippen LogP contribution in [0, 0.1) is 6.92 Å². The van der Waals surface area contributed by atoms with Gasteiger partial charge in [-0.25, -0.2) is 13.1 Å². The van der Waals surface area contributed by atoms with E-state index in [2.05, 4.69) is 14.9 Å². The molecule has 0 bridgehead atoms. The Morgan fingerprint density at radius 3 is 2.75 bits per heavy atom. The first-order valence-electron chi connectivity index (χ1n) is 3.42. The third-order valence-electron chi connectivity index (χ3n) is 1.46. The number of hydrogen-bond donors (Lipinski definition) is 2. The molecule has 0 atom stereocenters. The Labute approximate surface area is 71.2 Å². The Morgan fingerprint density at radius 1 is 1.67 bits per heavy atom. The summed E-state index contributed by atoms with van der Waals surface area (Å²) in [5, 5.41) is 6.48. The average molecular weight is 189 g/mol. The van der Waals surface area contributed by atoms with Crippen LogP contribution in [0.2, 0.25) is 0 Å². The normalized spacial score (nSPS) is 11.8. The maximum atomic E-state index is 10.7. The number of aromatic nitrogens is 2. The molecule has 1 rings (SSSR count). The number of aromatic amines is 1. The van der Waals surface area contributed by atoms with E-state index in [1.807, 2.05) is 6.92 Å². The van der Waals surface area contributed by atoms with Gasteiger partial charge in [0.15, 0.2) is 0 Å². The first kappa shape index (κ1) is 9.21. The van der Waals surface area contributed by atoms with E-state index in [0.29, 0.717) is 6.54 Å². The quantitative estimate of drug-likeness (QED) is 0.689. The maximum absolute atomic E-state index is 10.7. The van der Waals surface area contributed by atoms with E-state index in [4.69, 9.17) is 0 Å². The molecule has 0 aliphatic heterocycles. The fraction of sp³-hybridized carbons (Fsp3) is 0.500. The van der Waals surface area contributed by atoms with Gasteiger partial charge in [-0.3, -0.25) is 5.10 Å². The summed E-state index contributed by atoms with van der Waals surface area (Å²) < 4.78 is 23.8. The molecule has 0 aliphatic carbocycles. The fourth-order valence-corrected chi connectivity index (χ4v) is 1.18. The van der Waals surface area contributed by atoms with Gasteiger partial charge in [0.05, 0.1) is 12.5 Å². The van der Waals surface area contributed by atoms with E-state index in [1.54, 1.807) is 6.20 Å². The molecule has 0 amide bonds. The van der Waals surface area contributed by atoms with Crippen LogP contribution in [0.25, 0.3) is 0 Å². The maximum Gasteiger partial charge on any atom is 0.209 e. The zero-order chi connectivity index (χ0) is 9.19. The molecule has 6 heteroatoms. The number of hydrogen-bond acceptors (Lipinski definition) is 3. The summed E-state index contributed by atoms with van der Waals surface area (Å²) in [6.45, 7) is 2.13. The number of rotatable bonds is 3. The fourth-order valence-electron chi connectivity index (χ4n) is 0.763. The summed E-state index contributed by atoms with van der Waals surface area (Å²) in [7, 11) is -3.11. The molecule has 12 heavy (non-hydrogen) atoms. The van der Waals surface area contributed by atoms with Gasteiger partial charge < -0.3 is 0 Å². The van der Waals surface area contributed by atoms with Gasteiger partial charge in [-0.1, -0.05) is 0 Å². The van der Waals surface area contributed by atoms with E-state index in [-0.39, 0.29) is 0 Å². The second-order valence-electron chi connectivity index (χ2n) is 2.61. The summed E-state index contributed by atoms with van der Waals surface area (Å²) in [6.07, 6.45) is 2.73. The largest absolute Gasteiger partial charge is 0.283 e. The minimum Gasteiger partial charge on any atom is -0.283 e. The SMILES string of the molecule is Cc1[nH]ncc1CNS(C)(=O)=O. The van der Waals surface area contributed by atoms with Crippen LogP contribution < -0.4 is 4.72 Å². The van der Waals surface area contributed by atoms with Crippen LogP contribution in [0.1, 0.15) is 11.3 Å². The summed E-state index contributed by atoms with van der Waals surface area (Å²) in [4.78, 5) is 0. The van der Waals surface area contributed by atoms with E-state index in [1.165, 1.54) is 0 Å². The number of H-pyrrole nitrogens is 1. The number of nitrogens with one attached hydrogen (secondary N) is 2. The van der Waals surface area contributed by atoms with Crippen molar-refractivity contribution in [3.05, 3.63) is 17.5 Å². The number of sulfonamides is 1. The average Bonchev–Trinajstić information content (AvgIpc) is 2.29. The molecular weight excluding hydrogens is 178 g/mol. The van der Waals surface area contributed by atoms with Crippen molar-refractivity contribution in [3.8, 4) is 0 Å². The van der Waals surface area contributed by atoms with E-state index < -0.39 is 10.0 Å². The first-order chi connectivity index (χ1) is 5.49. The van der Waals surface area contributed by atoms with Gasteiger partial charge in [0.1, 0.15) is 0 Å². The van der Waals surface area contributed by atoms with Gasteiger partial charge in [-0.05, 0) is 6.92 Å². The molecule has 0 saturated carbocycles. The Bertz CT molecular complexity index is 355. The van der Waals surface area contributed by atoms with Crippen LogP contribution in [0.3, 0.4) is 0 Å². The lowest BCUT2D eigenvalue weighted by Crippen LogP contribution is -2.21. The second-order valence-corrected chi connectivity index (χ2v) is 4.45. The molecule has 0 aliphatic rings. The molecule has 1 heterocycles. The van der Waals surface area contributed by atoms with Crippen LogP contribution in [0.5, 0.6) is 0 Å². The predicted molar refractivity (Wildman–Crippen MR) is 45.0 cm³/mol. The summed E-state index contributed by atoms with van der Waals surface area (Å²) >= 11 is 0. The van der Waals surface area contributed by atoms with E-state index in [0.717, 1.165) is 17.5 Å². The Balaban J connectivity index is 2.61. The number of nitrogens with zero attached hydrogens (tertiary/aromatic N) is 1. The molecule has 0 aromatic carbocycles. The topological polar surface area (TPSA) is 74.8 Å². The molecule has 2 N–H and O–H groups in total. The zero-order valence-corrected chi connectivity index (χ0v) is 7.77. The van der Waals surface area contributed by atoms with Crippen molar-refractivity contribution in [2.75, 3.05) is 6.26 Å². The second kappa shape index (κ2) is 3.24. The van der Waals surface area contributed by atoms with Crippen LogP contribution in [-0.2, 0) is 16.6 Å². The standard InChI is InChI=1S/C6H11N3O2S/c1-5-6(3-7-9-5)4-8-12(2,10)11/h3,8H,4H2,1-2H3,(H,7,9). The molecule has 68 valence electrons. The predicted octanol–water partition coefficient (Wildman–Crippen LogP) is -0.233. The molecule has 0 radical (unpaired) electrons. The van der Waals surface area contributed by atoms with Gasteiger partial charge in [0, 0.05) is 17.8 Å². The van der Waals surface area contributed by atoms with Crippen LogP contribution >= 0.6 is 0 Å². The van der Waals surface area contributed by atoms with Crippen molar-refractivity contribution < 1.29 is 8.42 Å². The van der Waals surface area contributed by atoms with Crippen LogP contribution in [-0.4, -0.2) is 24.9 Å². The van der Waals surface area contributed by atoms with Crippen molar-refractivity contribution >= 4 is 10.0 Å². The smallest absolute Gasteiger partial charge is 0.209 e. The minimum atomic E-state index is -3.11. The lowest BCUT2D eigenvalue weighted by molar-refractivity contribution is 0.587. The van der Waals surface area contributed by atoms with Crippen molar-refractivity contribution in [1.82, 2.24) is 14.9 Å². The molecule has 1 aromatic rings. The third kappa shape index (κ3) is 2.63. The summed E-state index contributed by atoms with van der Waals surface area (Å²) in [6, 6.07) is 0. The third-order valence-corrected chi connectivity index (χ3v) is 2.13. The van der Waals surface area contributed by atoms with Gasteiger partial charge in [0.25, 0.3) is 0 Å². The molecule has 0 unspecified atom stereocenters. The highest BCUT2D eigenvalue weighted by molar-refractivity contribution is 7.88. The van der Waals surface area contributed by atoms with Crippen LogP contribution in [0.15, 0.2) is 6.20 Å². The molecule has 0 saturated heterocycles. The lowest BCUT2D eigenvalue weighted by atomic mass is 10.3. The van der Waals surface area contributed by atoms with Crippen molar-refractivity contribution in [3.63, 3.8) is 0 Å². The Hall–Kier alpha value is -0.880. The monoisotopic (exact) mass is 189 g/mol. The highest BCUT2D eigenvalue weighted by atomic mass is 32.2. The van der Waals surface area contributed by atoms with Gasteiger partial charge in [-0.15, -0.1) is 0 Å². The van der Waals surface area contributed by atoms with Gasteiger partial charge in [-0.2, -0.15) is 5.10 Å². The van der Waals surface area contributed by atoms with Gasteiger partial charge >= 0.3 is 0 Å². The molecule has 5 nitrogen and oxygen atoms in total. The van der Waals surface area contributed by atoms with Gasteiger partial charge in [0.2, 0.25) is 10.0 Å². The molecule has 0 fully saturated rings. The highest BCUT2D eigenvalue weighted by Gasteiger charge is 2.03. The Morgan fingerprint density at radius 2 is 2.33 bits per heavy atom. The first-order valence-corrected chi connectivity index (χ1v) is 5.31. The number of aryl methyl sites for hydroxylation is 1. The van der Waals surface area contributed by atoms with Crippen molar-refractivity contribution in [1.29, 1.82) is 0 Å². The van der Waals surface area contributed by atoms with Crippen LogP contribution in [0.4, 0.5) is 0 Å². The van der Waals surface area contributed by atoms with E-state index in [9.17, 15) is 8.42 Å².